The maximum atomic E-state index is 12.9. The number of phenolic OH excluding ortho intramolecular Hbond substituents is 2. The number of piperazine rings is 1. The van der Waals surface area contributed by atoms with Crippen LogP contribution in [0.2, 0.25) is 0 Å². The number of methoxy groups -OCH3 is 2. The smallest absolute Gasteiger partial charge is 0.308 e. The van der Waals surface area contributed by atoms with E-state index in [1.54, 1.807) is 24.9 Å². The quantitative estimate of drug-likeness (QED) is 0.221. The van der Waals surface area contributed by atoms with Crippen molar-refractivity contribution in [2.45, 2.75) is 74.8 Å². The molecule has 7 atom stereocenters. The Bertz CT molecular complexity index is 2130. The molecule has 286 valence electrons. The third-order valence-electron chi connectivity index (χ3n) is 12.4. The standard InChI is InChI=1S/C40H45N3O10S/c1-17-10-22-11-24-39(47)43-25-14-50-19(3)40(23-13-27(48-6)26(45)12-21(23)8-9-41-40)15-54-38(32(43)31(42(24)5)28(22)33(46)34(17)49-7)30-29(25)37-36(51-16-52-37)18(2)35(30)53-20(4)44/h10,12-13,24-25,31-32,38-39,41,45-47H,3,8-9,11,14-16H2,1-2,4-7H3/t24-,25+,31-,32-,38-,39+,40+/m1/s1. The number of ether oxygens (including phenoxy) is 6. The number of hydrogen-bond donors (Lipinski definition) is 4. The van der Waals surface area contributed by atoms with Crippen LogP contribution in [0.25, 0.3) is 0 Å². The third kappa shape index (κ3) is 4.76. The summed E-state index contributed by atoms with van der Waals surface area (Å²) in [6.45, 7) is 10.3. The van der Waals surface area contributed by atoms with E-state index in [0.29, 0.717) is 65.2 Å². The molecular weight excluding hydrogens is 715 g/mol. The van der Waals surface area contributed by atoms with E-state index < -0.39 is 41.1 Å². The minimum absolute atomic E-state index is 0.0108. The van der Waals surface area contributed by atoms with Gasteiger partial charge in [-0.1, -0.05) is 12.6 Å². The maximum Gasteiger partial charge on any atom is 0.308 e. The molecule has 54 heavy (non-hydrogen) atoms. The second kappa shape index (κ2) is 12.6. The zero-order valence-corrected chi connectivity index (χ0v) is 32.0. The summed E-state index contributed by atoms with van der Waals surface area (Å²) in [6.07, 6.45) is 0.214. The highest BCUT2D eigenvalue weighted by molar-refractivity contribution is 7.99. The first-order chi connectivity index (χ1) is 25.9. The highest BCUT2D eigenvalue weighted by Gasteiger charge is 2.61. The molecule has 14 heteroatoms. The van der Waals surface area contributed by atoms with Gasteiger partial charge in [-0.3, -0.25) is 14.6 Å². The average molecular weight is 760 g/mol. The second-order valence-corrected chi connectivity index (χ2v) is 16.2. The van der Waals surface area contributed by atoms with Crippen molar-refractivity contribution < 1.29 is 48.5 Å². The van der Waals surface area contributed by atoms with Crippen LogP contribution in [-0.2, 0) is 27.9 Å². The van der Waals surface area contributed by atoms with Gasteiger partial charge in [-0.15, -0.1) is 11.8 Å². The fraction of sp³-hybridized carbons (Fsp3) is 0.475. The summed E-state index contributed by atoms with van der Waals surface area (Å²) < 4.78 is 36.6. The number of benzene rings is 3. The van der Waals surface area contributed by atoms with Gasteiger partial charge < -0.3 is 49.1 Å². The van der Waals surface area contributed by atoms with Crippen molar-refractivity contribution >= 4 is 17.7 Å². The lowest BCUT2D eigenvalue weighted by molar-refractivity contribution is -0.180. The monoisotopic (exact) mass is 759 g/mol. The van der Waals surface area contributed by atoms with Crippen molar-refractivity contribution in [3.8, 4) is 40.2 Å². The number of nitrogens with one attached hydrogen (secondary N) is 1. The fourth-order valence-electron chi connectivity index (χ4n) is 10.1. The lowest BCUT2D eigenvalue weighted by Crippen LogP contribution is -2.69. The van der Waals surface area contributed by atoms with E-state index in [2.05, 4.69) is 27.8 Å². The van der Waals surface area contributed by atoms with Crippen molar-refractivity contribution in [2.75, 3.05) is 47.0 Å². The number of carbonyl (C=O) groups is 1. The Hall–Kier alpha value is -4.34. The average Bonchev–Trinajstić information content (AvgIpc) is 3.63. The Kier molecular flexibility index (Phi) is 8.25. The van der Waals surface area contributed by atoms with E-state index in [9.17, 15) is 20.1 Å². The number of esters is 1. The first kappa shape index (κ1) is 35.4. The van der Waals surface area contributed by atoms with Gasteiger partial charge in [-0.2, -0.15) is 0 Å². The largest absolute Gasteiger partial charge is 0.504 e. The topological polar surface area (TPSA) is 152 Å². The SMILES string of the molecule is C=C1OC[C@H]2c3c4c(c(C)c(OC(C)=O)c3[C@@H](SC[C@]13NCCc1cc(O)c(OC)cc13)[C@H]1[C@H]3c5c(cc(C)c(OC)c5O)C[C@H]([C@H](O)N12)N3C)OCO4. The van der Waals surface area contributed by atoms with Crippen LogP contribution < -0.4 is 29.0 Å². The number of carbonyl (C=O) groups excluding carboxylic acids is 1. The molecule has 0 aromatic heterocycles. The number of aliphatic hydroxyl groups is 1. The predicted molar refractivity (Wildman–Crippen MR) is 199 cm³/mol. The Morgan fingerprint density at radius 3 is 2.56 bits per heavy atom. The van der Waals surface area contributed by atoms with Gasteiger partial charge in [0.1, 0.15) is 29.9 Å². The van der Waals surface area contributed by atoms with Crippen molar-refractivity contribution in [1.29, 1.82) is 0 Å². The molecule has 7 heterocycles. The molecule has 0 radical (unpaired) electrons. The molecule has 4 N–H and O–H groups in total. The molecule has 0 amide bonds. The van der Waals surface area contributed by atoms with Crippen molar-refractivity contribution in [3.05, 3.63) is 75.0 Å². The van der Waals surface area contributed by atoms with Gasteiger partial charge in [0.05, 0.1) is 37.6 Å². The van der Waals surface area contributed by atoms with Gasteiger partial charge in [0.25, 0.3) is 0 Å². The number of thioether (sulfide) groups is 1. The number of aliphatic hydroxyl groups excluding tert-OH is 1. The highest BCUT2D eigenvalue weighted by Crippen LogP contribution is 2.65. The van der Waals surface area contributed by atoms with Gasteiger partial charge in [0.15, 0.2) is 34.5 Å². The molecular formula is C40H45N3O10S. The molecule has 3 aromatic rings. The van der Waals surface area contributed by atoms with Gasteiger partial charge in [-0.05, 0) is 68.1 Å². The maximum absolute atomic E-state index is 12.9. The minimum atomic E-state index is -0.960. The Morgan fingerprint density at radius 2 is 1.81 bits per heavy atom. The molecule has 4 bridgehead atoms. The number of aryl methyl sites for hydroxylation is 1. The molecule has 0 unspecified atom stereocenters. The lowest BCUT2D eigenvalue weighted by atomic mass is 9.73. The number of fused-ring (bicyclic) bond motifs is 9. The number of rotatable bonds is 3. The van der Waals surface area contributed by atoms with E-state index in [0.717, 1.165) is 38.9 Å². The molecule has 7 aliphatic heterocycles. The van der Waals surface area contributed by atoms with E-state index in [1.165, 1.54) is 14.0 Å². The van der Waals surface area contributed by atoms with Crippen LogP contribution in [0.1, 0.15) is 68.8 Å². The van der Waals surface area contributed by atoms with Crippen LogP contribution in [0.3, 0.4) is 0 Å². The summed E-state index contributed by atoms with van der Waals surface area (Å²) in [6, 6.07) is 3.81. The summed E-state index contributed by atoms with van der Waals surface area (Å²) >= 11 is 1.63. The highest BCUT2D eigenvalue weighted by atomic mass is 32.2. The first-order valence-electron chi connectivity index (χ1n) is 18.2. The zero-order valence-electron chi connectivity index (χ0n) is 31.1. The van der Waals surface area contributed by atoms with Crippen LogP contribution in [0.5, 0.6) is 40.2 Å². The van der Waals surface area contributed by atoms with Crippen LogP contribution in [-0.4, -0.2) is 96.4 Å². The third-order valence-corrected chi connectivity index (χ3v) is 13.9. The zero-order chi connectivity index (χ0) is 38.0. The van der Waals surface area contributed by atoms with Gasteiger partial charge in [0.2, 0.25) is 6.79 Å². The lowest BCUT2D eigenvalue weighted by Gasteiger charge is -2.62. The molecule has 2 fully saturated rings. The Labute approximate surface area is 317 Å². The number of hydrogen-bond acceptors (Lipinski definition) is 14. The summed E-state index contributed by atoms with van der Waals surface area (Å²) in [4.78, 5) is 17.2. The predicted octanol–water partition coefficient (Wildman–Crippen LogP) is 4.40. The van der Waals surface area contributed by atoms with Crippen molar-refractivity contribution in [3.63, 3.8) is 0 Å². The van der Waals surface area contributed by atoms with Gasteiger partial charge >= 0.3 is 5.97 Å². The molecule has 0 saturated carbocycles. The first-order valence-corrected chi connectivity index (χ1v) is 19.3. The van der Waals surface area contributed by atoms with Crippen LogP contribution in [0.15, 0.2) is 30.5 Å². The fourth-order valence-corrected chi connectivity index (χ4v) is 11.8. The second-order valence-electron chi connectivity index (χ2n) is 15.1. The van der Waals surface area contributed by atoms with Crippen LogP contribution in [0.4, 0.5) is 0 Å². The van der Waals surface area contributed by atoms with E-state index >= 15 is 0 Å². The van der Waals surface area contributed by atoms with Crippen molar-refractivity contribution in [2.24, 2.45) is 0 Å². The summed E-state index contributed by atoms with van der Waals surface area (Å²) in [5, 5.41) is 38.7. The molecule has 2 saturated heterocycles. The van der Waals surface area contributed by atoms with Crippen LogP contribution >= 0.6 is 11.8 Å². The summed E-state index contributed by atoms with van der Waals surface area (Å²) in [5.41, 5.74) is 5.57. The van der Waals surface area contributed by atoms with Gasteiger partial charge in [0, 0.05) is 47.5 Å². The molecule has 13 nitrogen and oxygen atoms in total. The molecule has 1 spiro atoms. The molecule has 3 aromatic carbocycles. The number of likely N-dealkylation sites (N-methyl/N-ethyl adjacent to an activating group) is 1. The van der Waals surface area contributed by atoms with E-state index in [1.807, 2.05) is 27.0 Å². The number of nitrogens with zero attached hydrogens (tertiary/aromatic N) is 2. The Balaban J connectivity index is 1.32. The summed E-state index contributed by atoms with van der Waals surface area (Å²) in [7, 11) is 5.08. The molecule has 10 rings (SSSR count). The minimum Gasteiger partial charge on any atom is -0.504 e. The molecule has 7 aliphatic rings. The van der Waals surface area contributed by atoms with E-state index in [-0.39, 0.29) is 30.9 Å². The normalized spacial score (nSPS) is 29.4. The summed E-state index contributed by atoms with van der Waals surface area (Å²) in [5.74, 6) is 2.71. The van der Waals surface area contributed by atoms with E-state index in [4.69, 9.17) is 28.4 Å². The Morgan fingerprint density at radius 1 is 1.04 bits per heavy atom. The number of phenols is 2. The van der Waals surface area contributed by atoms with Gasteiger partial charge in [-0.25, -0.2) is 0 Å². The number of aromatic hydroxyl groups is 2. The molecule has 0 aliphatic carbocycles. The van der Waals surface area contributed by atoms with Crippen molar-refractivity contribution in [1.82, 2.24) is 15.1 Å². The van der Waals surface area contributed by atoms with Crippen LogP contribution in [0, 0.1) is 13.8 Å².